The van der Waals surface area contributed by atoms with Gasteiger partial charge >= 0.3 is 0 Å². The van der Waals surface area contributed by atoms with E-state index in [9.17, 15) is 13.2 Å². The molecule has 3 aromatic rings. The van der Waals surface area contributed by atoms with Crippen molar-refractivity contribution in [2.75, 3.05) is 13.1 Å². The van der Waals surface area contributed by atoms with Crippen molar-refractivity contribution in [1.82, 2.24) is 14.6 Å². The molecule has 1 saturated heterocycles. The van der Waals surface area contributed by atoms with Crippen LogP contribution < -0.4 is 9.46 Å². The summed E-state index contributed by atoms with van der Waals surface area (Å²) in [6.45, 7) is 1.41. The summed E-state index contributed by atoms with van der Waals surface area (Å²) in [4.78, 5) is 18.8. The highest BCUT2D eigenvalue weighted by atomic mass is 32.2. The Morgan fingerprint density at radius 3 is 2.38 bits per heavy atom. The number of ether oxygens (including phenoxy) is 1. The van der Waals surface area contributed by atoms with Gasteiger partial charge in [-0.15, -0.1) is 0 Å². The predicted octanol–water partition coefficient (Wildman–Crippen LogP) is 3.64. The number of sulfonamides is 1. The molecule has 1 amide bonds. The lowest BCUT2D eigenvalue weighted by Crippen LogP contribution is -2.46. The number of carbonyl (C=O) groups excluding carboxylic acids is 1. The maximum atomic E-state index is 12.6. The smallest absolute Gasteiger partial charge is 0.246 e. The fraction of sp³-hybridized carbons (Fsp3) is 0.231. The summed E-state index contributed by atoms with van der Waals surface area (Å²) in [7, 11) is -3.55. The predicted molar refractivity (Wildman–Crippen MR) is 130 cm³/mol. The molecule has 0 spiro atoms. The van der Waals surface area contributed by atoms with E-state index in [2.05, 4.69) is 9.71 Å². The molecule has 34 heavy (non-hydrogen) atoms. The molecular formula is C26H27N3O4S. The van der Waals surface area contributed by atoms with E-state index in [0.717, 1.165) is 17.0 Å². The third-order valence-corrected chi connectivity index (χ3v) is 7.13. The highest BCUT2D eigenvalue weighted by Crippen LogP contribution is 2.17. The quantitative estimate of drug-likeness (QED) is 0.501. The van der Waals surface area contributed by atoms with Crippen LogP contribution >= 0.6 is 0 Å². The van der Waals surface area contributed by atoms with E-state index in [4.69, 9.17) is 4.74 Å². The lowest BCUT2D eigenvalue weighted by atomic mass is 10.1. The lowest BCUT2D eigenvalue weighted by molar-refractivity contribution is -0.126. The first kappa shape index (κ1) is 23.7. The van der Waals surface area contributed by atoms with E-state index in [0.29, 0.717) is 32.5 Å². The van der Waals surface area contributed by atoms with Crippen molar-refractivity contribution in [2.45, 2.75) is 30.4 Å². The Morgan fingerprint density at radius 1 is 1.00 bits per heavy atom. The largest absolute Gasteiger partial charge is 0.487 e. The number of piperidine rings is 1. The zero-order chi connectivity index (χ0) is 23.8. The number of pyridine rings is 1. The molecule has 0 bridgehead atoms. The second kappa shape index (κ2) is 11.1. The number of benzene rings is 2. The number of rotatable bonds is 8. The van der Waals surface area contributed by atoms with Gasteiger partial charge in [0.05, 0.1) is 10.6 Å². The summed E-state index contributed by atoms with van der Waals surface area (Å²) in [6, 6.07) is 21.3. The third-order valence-electron chi connectivity index (χ3n) is 5.59. The van der Waals surface area contributed by atoms with Crippen molar-refractivity contribution in [2.24, 2.45) is 0 Å². The first-order valence-corrected chi connectivity index (χ1v) is 12.6. The van der Waals surface area contributed by atoms with Crippen LogP contribution in [0.2, 0.25) is 0 Å². The van der Waals surface area contributed by atoms with Crippen molar-refractivity contribution in [3.63, 3.8) is 0 Å². The van der Waals surface area contributed by atoms with Crippen molar-refractivity contribution < 1.29 is 17.9 Å². The van der Waals surface area contributed by atoms with Gasteiger partial charge in [0.15, 0.2) is 0 Å². The Kier molecular flexibility index (Phi) is 7.72. The Labute approximate surface area is 200 Å². The Bertz CT molecular complexity index is 1210. The van der Waals surface area contributed by atoms with Crippen LogP contribution in [0.3, 0.4) is 0 Å². The second-order valence-electron chi connectivity index (χ2n) is 8.05. The minimum Gasteiger partial charge on any atom is -0.487 e. The summed E-state index contributed by atoms with van der Waals surface area (Å²) in [5.74, 6) is 0.647. The topological polar surface area (TPSA) is 88.6 Å². The van der Waals surface area contributed by atoms with E-state index in [1.54, 1.807) is 53.6 Å². The van der Waals surface area contributed by atoms with Gasteiger partial charge in [-0.05, 0) is 60.9 Å². The fourth-order valence-corrected chi connectivity index (χ4v) is 5.02. The summed E-state index contributed by atoms with van der Waals surface area (Å²) in [5, 5.41) is 0. The summed E-state index contributed by atoms with van der Waals surface area (Å²) in [5.41, 5.74) is 1.75. The van der Waals surface area contributed by atoms with Gasteiger partial charge in [-0.3, -0.25) is 9.78 Å². The number of aromatic nitrogens is 1. The molecule has 2 heterocycles. The number of hydrogen-bond acceptors (Lipinski definition) is 5. The molecular weight excluding hydrogens is 450 g/mol. The third kappa shape index (κ3) is 6.52. The molecule has 0 atom stereocenters. The highest BCUT2D eigenvalue weighted by molar-refractivity contribution is 7.89. The normalized spacial score (nSPS) is 14.9. The van der Waals surface area contributed by atoms with Crippen molar-refractivity contribution in [1.29, 1.82) is 0 Å². The average molecular weight is 478 g/mol. The first-order chi connectivity index (χ1) is 16.5. The molecule has 0 aliphatic carbocycles. The van der Waals surface area contributed by atoms with Gasteiger partial charge in [0, 0.05) is 31.4 Å². The highest BCUT2D eigenvalue weighted by Gasteiger charge is 2.25. The summed E-state index contributed by atoms with van der Waals surface area (Å²) in [6.07, 6.45) is 6.21. The van der Waals surface area contributed by atoms with E-state index in [1.807, 2.05) is 42.5 Å². The summed E-state index contributed by atoms with van der Waals surface area (Å²) >= 11 is 0. The molecule has 8 heteroatoms. The van der Waals surface area contributed by atoms with E-state index in [-0.39, 0.29) is 16.8 Å². The van der Waals surface area contributed by atoms with Crippen molar-refractivity contribution in [3.8, 4) is 5.75 Å². The van der Waals surface area contributed by atoms with Crippen LogP contribution in [0, 0.1) is 0 Å². The minimum atomic E-state index is -3.55. The maximum Gasteiger partial charge on any atom is 0.246 e. The van der Waals surface area contributed by atoms with Gasteiger partial charge in [0.2, 0.25) is 15.9 Å². The van der Waals surface area contributed by atoms with Gasteiger partial charge in [-0.25, -0.2) is 13.1 Å². The molecule has 7 nitrogen and oxygen atoms in total. The monoisotopic (exact) mass is 477 g/mol. The van der Waals surface area contributed by atoms with Gasteiger partial charge in [0.1, 0.15) is 12.4 Å². The number of nitrogens with one attached hydrogen (secondary N) is 1. The molecule has 2 aromatic carbocycles. The first-order valence-electron chi connectivity index (χ1n) is 11.2. The van der Waals surface area contributed by atoms with Crippen LogP contribution in [-0.2, 0) is 21.4 Å². The molecule has 1 aliphatic heterocycles. The van der Waals surface area contributed by atoms with Crippen LogP contribution in [0.15, 0.2) is 90.0 Å². The molecule has 1 N–H and O–H groups in total. The average Bonchev–Trinajstić information content (AvgIpc) is 2.88. The number of nitrogens with zero attached hydrogens (tertiary/aromatic N) is 2. The van der Waals surface area contributed by atoms with Gasteiger partial charge < -0.3 is 9.64 Å². The minimum absolute atomic E-state index is 0.0835. The van der Waals surface area contributed by atoms with E-state index >= 15 is 0 Å². The fourth-order valence-electron chi connectivity index (χ4n) is 3.69. The van der Waals surface area contributed by atoms with Crippen LogP contribution in [0.25, 0.3) is 6.08 Å². The zero-order valence-corrected chi connectivity index (χ0v) is 19.5. The second-order valence-corrected chi connectivity index (χ2v) is 9.76. The van der Waals surface area contributed by atoms with E-state index in [1.165, 1.54) is 0 Å². The molecule has 176 valence electrons. The van der Waals surface area contributed by atoms with Gasteiger partial charge in [-0.1, -0.05) is 36.4 Å². The zero-order valence-electron chi connectivity index (χ0n) is 18.7. The molecule has 4 rings (SSSR count). The van der Waals surface area contributed by atoms with Crippen LogP contribution in [0.5, 0.6) is 5.75 Å². The Hall–Kier alpha value is -3.49. The lowest BCUT2D eigenvalue weighted by Gasteiger charge is -2.31. The molecule has 1 aromatic heterocycles. The molecule has 0 radical (unpaired) electrons. The van der Waals surface area contributed by atoms with Crippen LogP contribution in [0.4, 0.5) is 0 Å². The van der Waals surface area contributed by atoms with Gasteiger partial charge in [0.25, 0.3) is 0 Å². The molecule has 1 fully saturated rings. The Balaban J connectivity index is 1.24. The number of hydrogen-bond donors (Lipinski definition) is 1. The number of carbonyl (C=O) groups is 1. The van der Waals surface area contributed by atoms with Crippen LogP contribution in [0.1, 0.15) is 24.1 Å². The maximum absolute atomic E-state index is 12.6. The van der Waals surface area contributed by atoms with Crippen LogP contribution in [-0.4, -0.2) is 43.3 Å². The molecule has 0 unspecified atom stereocenters. The molecule has 1 aliphatic rings. The Morgan fingerprint density at radius 2 is 1.71 bits per heavy atom. The number of likely N-dealkylation sites (tertiary alicyclic amines) is 1. The van der Waals surface area contributed by atoms with Crippen molar-refractivity contribution >= 4 is 22.0 Å². The molecule has 0 saturated carbocycles. The standard InChI is InChI=1S/C26H27N3O4S/c30-26(14-11-21-9-12-24(13-10-21)33-20-23-6-4-5-17-27-23)29-18-15-22(16-19-29)28-34(31,32)25-7-2-1-3-8-25/h1-14,17,22,28H,15-16,18-20H2/b14-11+. The van der Waals surface area contributed by atoms with E-state index < -0.39 is 10.0 Å². The number of amides is 1. The SMILES string of the molecule is O=C(/C=C/c1ccc(OCc2ccccn2)cc1)N1CCC(NS(=O)(=O)c2ccccc2)CC1. The summed E-state index contributed by atoms with van der Waals surface area (Å²) < 4.78 is 33.5. The van der Waals surface area contributed by atoms with Crippen molar-refractivity contribution in [3.05, 3.63) is 96.3 Å². The van der Waals surface area contributed by atoms with Gasteiger partial charge in [-0.2, -0.15) is 0 Å².